The smallest absolute Gasteiger partial charge is 0.234 e. The first kappa shape index (κ1) is 15.9. The van der Waals surface area contributed by atoms with Crippen LogP contribution in [-0.4, -0.2) is 18.0 Å². The van der Waals surface area contributed by atoms with Crippen LogP contribution in [-0.2, 0) is 4.79 Å². The summed E-state index contributed by atoms with van der Waals surface area (Å²) in [6.45, 7) is 3.82. The van der Waals surface area contributed by atoms with E-state index in [-0.39, 0.29) is 16.8 Å². The molecule has 0 aliphatic carbocycles. The van der Waals surface area contributed by atoms with Gasteiger partial charge in [-0.1, -0.05) is 26.1 Å². The second-order valence-corrected chi connectivity index (χ2v) is 5.79. The Bertz CT molecular complexity index is 492. The molecule has 6 heteroatoms. The van der Waals surface area contributed by atoms with Crippen molar-refractivity contribution in [1.29, 1.82) is 0 Å². The second kappa shape index (κ2) is 6.86. The maximum Gasteiger partial charge on any atom is 0.234 e. The first-order valence-electron chi connectivity index (χ1n) is 5.80. The summed E-state index contributed by atoms with van der Waals surface area (Å²) in [5.41, 5.74) is 6.28. The maximum atomic E-state index is 12.1. The number of ether oxygens (including phenoxy) is 1. The number of hydrogen-bond donors (Lipinski definition) is 2. The van der Waals surface area contributed by atoms with Gasteiger partial charge in [-0.2, -0.15) is 0 Å². The molecule has 3 N–H and O–H groups in total. The van der Waals surface area contributed by atoms with Crippen LogP contribution in [0.2, 0.25) is 0 Å². The zero-order valence-electron chi connectivity index (χ0n) is 11.1. The average molecular weight is 345 g/mol. The van der Waals surface area contributed by atoms with E-state index in [0.29, 0.717) is 11.4 Å². The SMILES string of the molecule is COc1ccc(NC(=O)C(C(N)=S)C(C)C)cc1Br. The van der Waals surface area contributed by atoms with Gasteiger partial charge >= 0.3 is 0 Å². The molecular formula is C13H17BrN2O2S. The molecule has 0 bridgehead atoms. The van der Waals surface area contributed by atoms with Crippen molar-refractivity contribution in [1.82, 2.24) is 0 Å². The van der Waals surface area contributed by atoms with Gasteiger partial charge in [-0.3, -0.25) is 4.79 Å². The number of rotatable bonds is 5. The van der Waals surface area contributed by atoms with Crippen molar-refractivity contribution in [2.24, 2.45) is 17.6 Å². The molecule has 104 valence electrons. The van der Waals surface area contributed by atoms with Crippen molar-refractivity contribution < 1.29 is 9.53 Å². The predicted molar refractivity (Wildman–Crippen MR) is 84.4 cm³/mol. The van der Waals surface area contributed by atoms with E-state index >= 15 is 0 Å². The van der Waals surface area contributed by atoms with Crippen molar-refractivity contribution in [2.75, 3.05) is 12.4 Å². The lowest BCUT2D eigenvalue weighted by Crippen LogP contribution is -2.36. The zero-order valence-corrected chi connectivity index (χ0v) is 13.5. The number of carbonyl (C=O) groups excluding carboxylic acids is 1. The van der Waals surface area contributed by atoms with Gasteiger partial charge in [0.15, 0.2) is 0 Å². The minimum atomic E-state index is -0.476. The van der Waals surface area contributed by atoms with Gasteiger partial charge in [-0.05, 0) is 40.0 Å². The van der Waals surface area contributed by atoms with Crippen LogP contribution in [0.25, 0.3) is 0 Å². The number of benzene rings is 1. The number of amides is 1. The van der Waals surface area contributed by atoms with Gasteiger partial charge in [0.05, 0.1) is 22.5 Å². The Hall–Kier alpha value is -1.14. The fourth-order valence-electron chi connectivity index (χ4n) is 1.72. The molecule has 0 radical (unpaired) electrons. The molecule has 19 heavy (non-hydrogen) atoms. The Morgan fingerprint density at radius 3 is 2.53 bits per heavy atom. The fourth-order valence-corrected chi connectivity index (χ4v) is 2.64. The molecule has 0 saturated carbocycles. The van der Waals surface area contributed by atoms with Crippen LogP contribution in [0.1, 0.15) is 13.8 Å². The fraction of sp³-hybridized carbons (Fsp3) is 0.385. The minimum absolute atomic E-state index is 0.0548. The average Bonchev–Trinajstić information content (AvgIpc) is 2.27. The van der Waals surface area contributed by atoms with Gasteiger partial charge in [-0.25, -0.2) is 0 Å². The molecule has 1 unspecified atom stereocenters. The van der Waals surface area contributed by atoms with E-state index in [9.17, 15) is 4.79 Å². The van der Waals surface area contributed by atoms with Gasteiger partial charge in [0.2, 0.25) is 5.91 Å². The van der Waals surface area contributed by atoms with Crippen molar-refractivity contribution in [3.63, 3.8) is 0 Å². The van der Waals surface area contributed by atoms with E-state index in [1.165, 1.54) is 0 Å². The molecule has 0 saturated heterocycles. The van der Waals surface area contributed by atoms with Crippen molar-refractivity contribution >= 4 is 44.7 Å². The van der Waals surface area contributed by atoms with E-state index in [2.05, 4.69) is 21.2 Å². The van der Waals surface area contributed by atoms with Gasteiger partial charge in [0.1, 0.15) is 5.75 Å². The third-order valence-corrected chi connectivity index (χ3v) is 3.55. The number of hydrogen-bond acceptors (Lipinski definition) is 3. The predicted octanol–water partition coefficient (Wildman–Crippen LogP) is 2.95. The summed E-state index contributed by atoms with van der Waals surface area (Å²) in [6, 6.07) is 5.30. The van der Waals surface area contributed by atoms with E-state index in [1.54, 1.807) is 25.3 Å². The number of methoxy groups -OCH3 is 1. The number of nitrogens with two attached hydrogens (primary N) is 1. The third-order valence-electron chi connectivity index (χ3n) is 2.67. The van der Waals surface area contributed by atoms with Crippen LogP contribution >= 0.6 is 28.1 Å². The Labute approximate surface area is 126 Å². The van der Waals surface area contributed by atoms with Gasteiger partial charge in [0.25, 0.3) is 0 Å². The lowest BCUT2D eigenvalue weighted by Gasteiger charge is -2.19. The molecule has 1 aromatic carbocycles. The van der Waals surface area contributed by atoms with Crippen LogP contribution in [0, 0.1) is 11.8 Å². The number of nitrogens with one attached hydrogen (secondary N) is 1. The summed E-state index contributed by atoms with van der Waals surface area (Å²) >= 11 is 8.30. The molecule has 1 rings (SSSR count). The topological polar surface area (TPSA) is 64.3 Å². The molecule has 1 aromatic rings. The van der Waals surface area contributed by atoms with E-state index in [1.807, 2.05) is 13.8 Å². The minimum Gasteiger partial charge on any atom is -0.496 e. The van der Waals surface area contributed by atoms with Gasteiger partial charge in [-0.15, -0.1) is 0 Å². The van der Waals surface area contributed by atoms with Crippen LogP contribution in [0.5, 0.6) is 5.75 Å². The highest BCUT2D eigenvalue weighted by atomic mass is 79.9. The summed E-state index contributed by atoms with van der Waals surface area (Å²) < 4.78 is 5.90. The highest BCUT2D eigenvalue weighted by molar-refractivity contribution is 9.10. The molecule has 0 aliphatic rings. The van der Waals surface area contributed by atoms with Crippen molar-refractivity contribution in [3.05, 3.63) is 22.7 Å². The second-order valence-electron chi connectivity index (χ2n) is 4.46. The largest absolute Gasteiger partial charge is 0.496 e. The highest BCUT2D eigenvalue weighted by Crippen LogP contribution is 2.28. The third kappa shape index (κ3) is 4.18. The molecule has 4 nitrogen and oxygen atoms in total. The Kier molecular flexibility index (Phi) is 5.75. The Morgan fingerprint density at radius 2 is 2.11 bits per heavy atom. The summed E-state index contributed by atoms with van der Waals surface area (Å²) in [5, 5.41) is 2.80. The quantitative estimate of drug-likeness (QED) is 0.806. The lowest BCUT2D eigenvalue weighted by atomic mass is 9.95. The Balaban J connectivity index is 2.87. The van der Waals surface area contributed by atoms with Crippen LogP contribution < -0.4 is 15.8 Å². The molecule has 0 aliphatic heterocycles. The molecule has 0 aromatic heterocycles. The number of anilines is 1. The monoisotopic (exact) mass is 344 g/mol. The van der Waals surface area contributed by atoms with Crippen molar-refractivity contribution in [3.8, 4) is 5.75 Å². The molecule has 0 heterocycles. The normalized spacial score (nSPS) is 12.1. The highest BCUT2D eigenvalue weighted by Gasteiger charge is 2.25. The summed E-state index contributed by atoms with van der Waals surface area (Å²) in [7, 11) is 1.58. The molecule has 1 amide bonds. The first-order chi connectivity index (χ1) is 8.86. The van der Waals surface area contributed by atoms with Gasteiger partial charge < -0.3 is 15.8 Å². The summed E-state index contributed by atoms with van der Waals surface area (Å²) in [5.74, 6) is 0.0855. The molecule has 1 atom stereocenters. The number of halogens is 1. The maximum absolute atomic E-state index is 12.1. The van der Waals surface area contributed by atoms with E-state index < -0.39 is 5.92 Å². The summed E-state index contributed by atoms with van der Waals surface area (Å²) in [6.07, 6.45) is 0. The first-order valence-corrected chi connectivity index (χ1v) is 7.00. The molecular weight excluding hydrogens is 328 g/mol. The zero-order chi connectivity index (χ0) is 14.6. The van der Waals surface area contributed by atoms with Gasteiger partial charge in [0, 0.05) is 5.69 Å². The number of carbonyl (C=O) groups is 1. The van der Waals surface area contributed by atoms with Crippen LogP contribution in [0.4, 0.5) is 5.69 Å². The molecule has 0 fully saturated rings. The molecule has 0 spiro atoms. The van der Waals surface area contributed by atoms with E-state index in [4.69, 9.17) is 22.7 Å². The van der Waals surface area contributed by atoms with Crippen LogP contribution in [0.3, 0.4) is 0 Å². The van der Waals surface area contributed by atoms with Crippen molar-refractivity contribution in [2.45, 2.75) is 13.8 Å². The number of thiocarbonyl (C=S) groups is 1. The lowest BCUT2D eigenvalue weighted by molar-refractivity contribution is -0.118. The van der Waals surface area contributed by atoms with E-state index in [0.717, 1.165) is 4.47 Å². The Morgan fingerprint density at radius 1 is 1.47 bits per heavy atom. The standard InChI is InChI=1S/C13H17BrN2O2S/c1-7(2)11(12(15)19)13(17)16-8-4-5-10(18-3)9(14)6-8/h4-7,11H,1-3H3,(H2,15,19)(H,16,17). The summed E-state index contributed by atoms with van der Waals surface area (Å²) in [4.78, 5) is 12.3. The van der Waals surface area contributed by atoms with Crippen LogP contribution in [0.15, 0.2) is 22.7 Å².